The fourth-order valence-electron chi connectivity index (χ4n) is 2.52. The minimum atomic E-state index is 0.119. The third-order valence-electron chi connectivity index (χ3n) is 3.74. The van der Waals surface area contributed by atoms with Crippen LogP contribution in [0.15, 0.2) is 24.3 Å². The lowest BCUT2D eigenvalue weighted by Gasteiger charge is -2.30. The molecule has 0 unspecified atom stereocenters. The molecule has 0 amide bonds. The van der Waals surface area contributed by atoms with Crippen molar-refractivity contribution in [1.29, 1.82) is 0 Å². The van der Waals surface area contributed by atoms with E-state index in [1.54, 1.807) is 0 Å². The summed E-state index contributed by atoms with van der Waals surface area (Å²) in [5, 5.41) is 0. The Morgan fingerprint density at radius 2 is 1.79 bits per heavy atom. The predicted molar refractivity (Wildman–Crippen MR) is 78.4 cm³/mol. The summed E-state index contributed by atoms with van der Waals surface area (Å²) in [5.74, 6) is 0. The molecule has 1 aromatic carbocycles. The van der Waals surface area contributed by atoms with E-state index in [1.165, 1.54) is 30.4 Å². The zero-order valence-corrected chi connectivity index (χ0v) is 12.2. The number of benzene rings is 1. The zero-order chi connectivity index (χ0) is 13.5. The van der Waals surface area contributed by atoms with Gasteiger partial charge in [0.05, 0.1) is 19.3 Å². The van der Waals surface area contributed by atoms with Gasteiger partial charge < -0.3 is 9.47 Å². The van der Waals surface area contributed by atoms with Crippen LogP contribution in [0.1, 0.15) is 56.8 Å². The summed E-state index contributed by atoms with van der Waals surface area (Å²) in [5.41, 5.74) is 2.65. The van der Waals surface area contributed by atoms with Crippen LogP contribution < -0.4 is 0 Å². The second-order valence-corrected chi connectivity index (χ2v) is 5.41. The number of aryl methyl sites for hydroxylation is 1. The van der Waals surface area contributed by atoms with Crippen LogP contribution in [0.2, 0.25) is 0 Å². The number of hydrogen-bond acceptors (Lipinski definition) is 2. The van der Waals surface area contributed by atoms with Crippen LogP contribution in [0.5, 0.6) is 0 Å². The fourth-order valence-corrected chi connectivity index (χ4v) is 2.52. The predicted octanol–water partition coefficient (Wildman–Crippen LogP) is 4.29. The Bertz CT molecular complexity index is 350. The highest BCUT2D eigenvalue weighted by Crippen LogP contribution is 2.25. The average molecular weight is 262 g/mol. The summed E-state index contributed by atoms with van der Waals surface area (Å²) in [6.07, 6.45) is 6.35. The number of rotatable bonds is 6. The first kappa shape index (κ1) is 14.5. The van der Waals surface area contributed by atoms with Crippen LogP contribution in [-0.2, 0) is 15.9 Å². The van der Waals surface area contributed by atoms with Crippen LogP contribution in [0, 0.1) is 0 Å². The van der Waals surface area contributed by atoms with Gasteiger partial charge in [-0.2, -0.15) is 0 Å². The van der Waals surface area contributed by atoms with Gasteiger partial charge in [0, 0.05) is 0 Å². The van der Waals surface area contributed by atoms with Gasteiger partial charge in [0.2, 0.25) is 0 Å². The highest BCUT2D eigenvalue weighted by atomic mass is 16.6. The zero-order valence-electron chi connectivity index (χ0n) is 12.2. The summed E-state index contributed by atoms with van der Waals surface area (Å²) >= 11 is 0. The molecule has 1 aliphatic heterocycles. The van der Waals surface area contributed by atoms with Gasteiger partial charge in [-0.1, -0.05) is 57.4 Å². The summed E-state index contributed by atoms with van der Waals surface area (Å²) in [7, 11) is 0. The lowest BCUT2D eigenvalue weighted by Crippen LogP contribution is -2.31. The molecule has 19 heavy (non-hydrogen) atoms. The van der Waals surface area contributed by atoms with E-state index in [1.807, 2.05) is 0 Å². The molecule has 0 N–H and O–H groups in total. The van der Waals surface area contributed by atoms with Crippen LogP contribution >= 0.6 is 0 Å². The minimum absolute atomic E-state index is 0.119. The summed E-state index contributed by atoms with van der Waals surface area (Å²) in [4.78, 5) is 0. The topological polar surface area (TPSA) is 18.5 Å². The molecule has 0 aromatic heterocycles. The SMILES string of the molecule is CCCC[C@H]1CO[C@H](c2ccc(CCC)cc2)CO1. The second-order valence-electron chi connectivity index (χ2n) is 5.41. The third-order valence-corrected chi connectivity index (χ3v) is 3.74. The van der Waals surface area contributed by atoms with Gasteiger partial charge in [0.25, 0.3) is 0 Å². The standard InChI is InChI=1S/C17H26O2/c1-3-5-7-16-12-19-17(13-18-16)15-10-8-14(6-4-2)9-11-15/h8-11,16-17H,3-7,12-13H2,1-2H3/t16-,17-/m0/s1. The summed E-state index contributed by atoms with van der Waals surface area (Å²) in [6.45, 7) is 5.86. The Kier molecular flexibility index (Phi) is 5.87. The fraction of sp³-hybridized carbons (Fsp3) is 0.647. The van der Waals surface area contributed by atoms with Crippen LogP contribution in [0.3, 0.4) is 0 Å². The molecule has 0 spiro atoms. The first-order chi connectivity index (χ1) is 9.33. The van der Waals surface area contributed by atoms with Crippen LogP contribution in [-0.4, -0.2) is 19.3 Å². The quantitative estimate of drug-likeness (QED) is 0.761. The summed E-state index contributed by atoms with van der Waals surface area (Å²) < 4.78 is 11.8. The normalized spacial score (nSPS) is 23.5. The average Bonchev–Trinajstić information content (AvgIpc) is 2.47. The molecule has 0 aliphatic carbocycles. The van der Waals surface area contributed by atoms with Gasteiger partial charge in [0.1, 0.15) is 6.10 Å². The smallest absolute Gasteiger partial charge is 0.106 e. The van der Waals surface area contributed by atoms with E-state index < -0.39 is 0 Å². The lowest BCUT2D eigenvalue weighted by atomic mass is 10.0. The Hall–Kier alpha value is -0.860. The summed E-state index contributed by atoms with van der Waals surface area (Å²) in [6, 6.07) is 8.80. The third kappa shape index (κ3) is 4.32. The van der Waals surface area contributed by atoms with E-state index in [0.29, 0.717) is 12.7 Å². The monoisotopic (exact) mass is 262 g/mol. The Balaban J connectivity index is 1.83. The van der Waals surface area contributed by atoms with Gasteiger partial charge in [-0.05, 0) is 24.0 Å². The molecule has 2 atom stereocenters. The highest BCUT2D eigenvalue weighted by molar-refractivity contribution is 5.24. The Morgan fingerprint density at radius 3 is 2.37 bits per heavy atom. The molecule has 0 bridgehead atoms. The lowest BCUT2D eigenvalue weighted by molar-refractivity contribution is -0.137. The van der Waals surface area contributed by atoms with Crippen molar-refractivity contribution in [2.75, 3.05) is 13.2 Å². The van der Waals surface area contributed by atoms with E-state index in [9.17, 15) is 0 Å². The number of ether oxygens (including phenoxy) is 2. The minimum Gasteiger partial charge on any atom is -0.373 e. The van der Waals surface area contributed by atoms with Gasteiger partial charge >= 0.3 is 0 Å². The maximum atomic E-state index is 5.95. The van der Waals surface area contributed by atoms with Gasteiger partial charge in [-0.15, -0.1) is 0 Å². The molecule has 2 heteroatoms. The molecule has 1 aromatic rings. The molecule has 1 fully saturated rings. The molecular formula is C17H26O2. The maximum Gasteiger partial charge on any atom is 0.106 e. The van der Waals surface area contributed by atoms with Crippen molar-refractivity contribution in [3.63, 3.8) is 0 Å². The van der Waals surface area contributed by atoms with E-state index in [2.05, 4.69) is 38.1 Å². The van der Waals surface area contributed by atoms with Crippen LogP contribution in [0.25, 0.3) is 0 Å². The molecule has 2 nitrogen and oxygen atoms in total. The van der Waals surface area contributed by atoms with Crippen molar-refractivity contribution in [3.05, 3.63) is 35.4 Å². The number of hydrogen-bond donors (Lipinski definition) is 0. The van der Waals surface area contributed by atoms with Gasteiger partial charge in [-0.25, -0.2) is 0 Å². The highest BCUT2D eigenvalue weighted by Gasteiger charge is 2.22. The second kappa shape index (κ2) is 7.66. The first-order valence-corrected chi connectivity index (χ1v) is 7.65. The van der Waals surface area contributed by atoms with E-state index in [4.69, 9.17) is 9.47 Å². The van der Waals surface area contributed by atoms with Crippen molar-refractivity contribution >= 4 is 0 Å². The van der Waals surface area contributed by atoms with E-state index >= 15 is 0 Å². The van der Waals surface area contributed by atoms with E-state index in [-0.39, 0.29) is 6.10 Å². The largest absolute Gasteiger partial charge is 0.373 e. The first-order valence-electron chi connectivity index (χ1n) is 7.65. The van der Waals surface area contributed by atoms with E-state index in [0.717, 1.165) is 19.4 Å². The number of unbranched alkanes of at least 4 members (excludes halogenated alkanes) is 1. The van der Waals surface area contributed by atoms with Crippen molar-refractivity contribution in [2.24, 2.45) is 0 Å². The molecule has 0 radical (unpaired) electrons. The Morgan fingerprint density at radius 1 is 1.00 bits per heavy atom. The van der Waals surface area contributed by atoms with Crippen molar-refractivity contribution in [2.45, 2.75) is 58.2 Å². The Labute approximate surface area is 117 Å². The molecule has 0 saturated carbocycles. The molecular weight excluding hydrogens is 236 g/mol. The van der Waals surface area contributed by atoms with Crippen molar-refractivity contribution < 1.29 is 9.47 Å². The van der Waals surface area contributed by atoms with Crippen LogP contribution in [0.4, 0.5) is 0 Å². The molecule has 1 saturated heterocycles. The maximum absolute atomic E-state index is 5.95. The van der Waals surface area contributed by atoms with Gasteiger partial charge in [-0.3, -0.25) is 0 Å². The van der Waals surface area contributed by atoms with Crippen molar-refractivity contribution in [3.8, 4) is 0 Å². The molecule has 106 valence electrons. The molecule has 1 heterocycles. The molecule has 1 aliphatic rings. The van der Waals surface area contributed by atoms with Gasteiger partial charge in [0.15, 0.2) is 0 Å². The molecule has 2 rings (SSSR count). The van der Waals surface area contributed by atoms with Crippen molar-refractivity contribution in [1.82, 2.24) is 0 Å².